The summed E-state index contributed by atoms with van der Waals surface area (Å²) in [6.07, 6.45) is 0. The van der Waals surface area contributed by atoms with Gasteiger partial charge < -0.3 is 0 Å². The molecule has 0 aliphatic heterocycles. The zero-order valence-corrected chi connectivity index (χ0v) is 9.53. The second kappa shape index (κ2) is 3.56. The Bertz CT molecular complexity index is 452. The Labute approximate surface area is 87.8 Å². The van der Waals surface area contributed by atoms with Crippen molar-refractivity contribution in [3.05, 3.63) is 29.8 Å². The van der Waals surface area contributed by atoms with Crippen LogP contribution in [0.1, 0.15) is 20.8 Å². The van der Waals surface area contributed by atoms with E-state index in [1.807, 2.05) is 0 Å². The minimum absolute atomic E-state index is 0.850. The lowest BCUT2D eigenvalue weighted by Crippen LogP contribution is -2.29. The molecule has 0 bridgehead atoms. The maximum absolute atomic E-state index is 13.3. The molecule has 0 fully saturated rings. The van der Waals surface area contributed by atoms with Crippen molar-refractivity contribution in [1.29, 1.82) is 0 Å². The highest BCUT2D eigenvalue weighted by Gasteiger charge is 2.35. The number of halogens is 2. The minimum atomic E-state index is -3.99. The Morgan fingerprint density at radius 2 is 1.47 bits per heavy atom. The van der Waals surface area contributed by atoms with E-state index in [-0.39, 0.29) is 0 Å². The Kier molecular flexibility index (Phi) is 2.87. The van der Waals surface area contributed by atoms with Gasteiger partial charge in [0.1, 0.15) is 16.5 Å². The second-order valence-electron chi connectivity index (χ2n) is 4.17. The van der Waals surface area contributed by atoms with Crippen LogP contribution in [0.25, 0.3) is 0 Å². The zero-order valence-electron chi connectivity index (χ0n) is 8.71. The molecule has 0 N–H and O–H groups in total. The van der Waals surface area contributed by atoms with Gasteiger partial charge in [0.05, 0.1) is 4.75 Å². The smallest absolute Gasteiger partial charge is 0.189 e. The van der Waals surface area contributed by atoms with E-state index in [4.69, 9.17) is 0 Å². The van der Waals surface area contributed by atoms with Crippen LogP contribution in [0.4, 0.5) is 8.78 Å². The fourth-order valence-corrected chi connectivity index (χ4v) is 2.31. The van der Waals surface area contributed by atoms with Crippen LogP contribution in [-0.4, -0.2) is 13.2 Å². The molecule has 0 aliphatic carbocycles. The molecule has 0 saturated carbocycles. The number of hydrogen-bond acceptors (Lipinski definition) is 2. The first-order valence-electron chi connectivity index (χ1n) is 4.36. The molecule has 0 saturated heterocycles. The van der Waals surface area contributed by atoms with Crippen LogP contribution < -0.4 is 0 Å². The topological polar surface area (TPSA) is 34.1 Å². The predicted molar refractivity (Wildman–Crippen MR) is 53.3 cm³/mol. The molecule has 0 atom stereocenters. The van der Waals surface area contributed by atoms with Crippen LogP contribution in [0.5, 0.6) is 0 Å². The molecule has 0 amide bonds. The van der Waals surface area contributed by atoms with Gasteiger partial charge in [0.25, 0.3) is 0 Å². The molecule has 0 heterocycles. The molecule has 2 nitrogen and oxygen atoms in total. The largest absolute Gasteiger partial charge is 0.223 e. The molecular formula is C10H12F2O2S. The third-order valence-electron chi connectivity index (χ3n) is 1.99. The molecule has 0 radical (unpaired) electrons. The van der Waals surface area contributed by atoms with Gasteiger partial charge in [-0.1, -0.05) is 6.07 Å². The van der Waals surface area contributed by atoms with Crippen molar-refractivity contribution in [1.82, 2.24) is 0 Å². The van der Waals surface area contributed by atoms with Crippen LogP contribution in [0.3, 0.4) is 0 Å². The third-order valence-corrected chi connectivity index (χ3v) is 4.53. The second-order valence-corrected chi connectivity index (χ2v) is 6.81. The van der Waals surface area contributed by atoms with E-state index in [0.717, 1.165) is 18.2 Å². The summed E-state index contributed by atoms with van der Waals surface area (Å²) in [5.74, 6) is -2.10. The molecule has 84 valence electrons. The maximum Gasteiger partial charge on any atom is 0.189 e. The van der Waals surface area contributed by atoms with Crippen molar-refractivity contribution in [2.24, 2.45) is 0 Å². The molecule has 0 spiro atoms. The molecule has 0 aliphatic rings. The summed E-state index contributed by atoms with van der Waals surface area (Å²) in [6.45, 7) is 4.19. The van der Waals surface area contributed by atoms with E-state index in [2.05, 4.69) is 0 Å². The van der Waals surface area contributed by atoms with E-state index in [1.54, 1.807) is 0 Å². The maximum atomic E-state index is 13.3. The first-order valence-corrected chi connectivity index (χ1v) is 5.85. The third kappa shape index (κ3) is 2.02. The number of hydrogen-bond donors (Lipinski definition) is 0. The Hall–Kier alpha value is -0.970. The first kappa shape index (κ1) is 12.1. The SMILES string of the molecule is CC(C)(C)S(=O)(=O)c1c(F)cccc1F. The minimum Gasteiger partial charge on any atom is -0.223 e. The van der Waals surface area contributed by atoms with Gasteiger partial charge in [0, 0.05) is 0 Å². The van der Waals surface area contributed by atoms with Crippen molar-refractivity contribution in [2.45, 2.75) is 30.4 Å². The average molecular weight is 234 g/mol. The van der Waals surface area contributed by atoms with Crippen molar-refractivity contribution in [2.75, 3.05) is 0 Å². The normalized spacial score (nSPS) is 12.9. The van der Waals surface area contributed by atoms with Crippen molar-refractivity contribution in [3.63, 3.8) is 0 Å². The fraction of sp³-hybridized carbons (Fsp3) is 0.400. The van der Waals surface area contributed by atoms with Gasteiger partial charge in [-0.3, -0.25) is 0 Å². The molecule has 15 heavy (non-hydrogen) atoms. The molecular weight excluding hydrogens is 222 g/mol. The number of rotatable bonds is 1. The lowest BCUT2D eigenvalue weighted by Gasteiger charge is -2.19. The van der Waals surface area contributed by atoms with Gasteiger partial charge in [-0.05, 0) is 32.9 Å². The molecule has 1 rings (SSSR count). The Morgan fingerprint density at radius 1 is 1.07 bits per heavy atom. The van der Waals surface area contributed by atoms with Crippen LogP contribution in [0, 0.1) is 11.6 Å². The monoisotopic (exact) mass is 234 g/mol. The van der Waals surface area contributed by atoms with Gasteiger partial charge >= 0.3 is 0 Å². The highest BCUT2D eigenvalue weighted by molar-refractivity contribution is 7.92. The van der Waals surface area contributed by atoms with E-state index in [1.165, 1.54) is 20.8 Å². The summed E-state index contributed by atoms with van der Waals surface area (Å²) in [7, 11) is -3.99. The number of benzene rings is 1. The van der Waals surface area contributed by atoms with Crippen molar-refractivity contribution < 1.29 is 17.2 Å². The Balaban J connectivity index is 3.55. The van der Waals surface area contributed by atoms with Gasteiger partial charge in [0.2, 0.25) is 0 Å². The average Bonchev–Trinajstić information content (AvgIpc) is 2.00. The van der Waals surface area contributed by atoms with E-state index in [0.29, 0.717) is 0 Å². The first-order chi connectivity index (χ1) is 6.68. The van der Waals surface area contributed by atoms with Crippen LogP contribution in [-0.2, 0) is 9.84 Å². The lowest BCUT2D eigenvalue weighted by atomic mass is 10.3. The summed E-state index contributed by atoms with van der Waals surface area (Å²) >= 11 is 0. The standard InChI is InChI=1S/C10H12F2O2S/c1-10(2,3)15(13,14)9-7(11)5-4-6-8(9)12/h4-6H,1-3H3. The van der Waals surface area contributed by atoms with Crippen LogP contribution >= 0.6 is 0 Å². The predicted octanol–water partition coefficient (Wildman–Crippen LogP) is 2.54. The lowest BCUT2D eigenvalue weighted by molar-refractivity contribution is 0.505. The molecule has 1 aromatic carbocycles. The summed E-state index contributed by atoms with van der Waals surface area (Å²) < 4.78 is 48.9. The van der Waals surface area contributed by atoms with E-state index >= 15 is 0 Å². The zero-order chi connectivity index (χ0) is 11.9. The fourth-order valence-electron chi connectivity index (χ4n) is 1.05. The molecule has 0 aromatic heterocycles. The van der Waals surface area contributed by atoms with Gasteiger partial charge in [-0.2, -0.15) is 0 Å². The summed E-state index contributed by atoms with van der Waals surface area (Å²) in [4.78, 5) is -0.850. The highest BCUT2D eigenvalue weighted by atomic mass is 32.2. The molecule has 5 heteroatoms. The van der Waals surface area contributed by atoms with Crippen LogP contribution in [0.2, 0.25) is 0 Å². The molecule has 0 unspecified atom stereocenters. The molecule has 1 aromatic rings. The van der Waals surface area contributed by atoms with Crippen molar-refractivity contribution >= 4 is 9.84 Å². The highest BCUT2D eigenvalue weighted by Crippen LogP contribution is 2.28. The van der Waals surface area contributed by atoms with Crippen molar-refractivity contribution in [3.8, 4) is 0 Å². The van der Waals surface area contributed by atoms with Gasteiger partial charge in [-0.15, -0.1) is 0 Å². The summed E-state index contributed by atoms with van der Waals surface area (Å²) in [5, 5.41) is 0. The number of sulfone groups is 1. The summed E-state index contributed by atoms with van der Waals surface area (Å²) in [6, 6.07) is 3.00. The van der Waals surface area contributed by atoms with E-state index in [9.17, 15) is 17.2 Å². The Morgan fingerprint density at radius 3 is 1.80 bits per heavy atom. The summed E-state index contributed by atoms with van der Waals surface area (Å²) in [5.41, 5.74) is 0. The van der Waals surface area contributed by atoms with Gasteiger partial charge in [0.15, 0.2) is 9.84 Å². The van der Waals surface area contributed by atoms with E-state index < -0.39 is 31.1 Å². The quantitative estimate of drug-likeness (QED) is 0.748. The van der Waals surface area contributed by atoms with Crippen LogP contribution in [0.15, 0.2) is 23.1 Å². The van der Waals surface area contributed by atoms with Gasteiger partial charge in [-0.25, -0.2) is 17.2 Å².